The van der Waals surface area contributed by atoms with Crippen LogP contribution in [0.2, 0.25) is 0 Å². The lowest BCUT2D eigenvalue weighted by atomic mass is 9.85. The Kier molecular flexibility index (Phi) is 3.81. The molecule has 0 aliphatic rings. The molecule has 16 heavy (non-hydrogen) atoms. The molecule has 90 valence electrons. The molecule has 0 saturated carbocycles. The Morgan fingerprint density at radius 1 is 1.12 bits per heavy atom. The minimum Gasteiger partial charge on any atom is -0.493 e. The SMILES string of the molecule is COc1ccc(C(C)(O)C(C)C)cc1OC. The van der Waals surface area contributed by atoms with E-state index in [0.29, 0.717) is 11.5 Å². The number of hydrogen-bond acceptors (Lipinski definition) is 3. The number of aliphatic hydroxyl groups is 1. The van der Waals surface area contributed by atoms with Crippen LogP contribution in [-0.4, -0.2) is 19.3 Å². The Morgan fingerprint density at radius 2 is 1.69 bits per heavy atom. The van der Waals surface area contributed by atoms with Gasteiger partial charge in [-0.25, -0.2) is 0 Å². The number of ether oxygens (including phenoxy) is 2. The second-order valence-electron chi connectivity index (χ2n) is 4.37. The quantitative estimate of drug-likeness (QED) is 0.854. The van der Waals surface area contributed by atoms with Crippen LogP contribution in [0.15, 0.2) is 18.2 Å². The average Bonchev–Trinajstić information content (AvgIpc) is 2.27. The molecule has 0 bridgehead atoms. The molecule has 1 N–H and O–H groups in total. The first kappa shape index (κ1) is 12.8. The molecule has 1 atom stereocenters. The van der Waals surface area contributed by atoms with Crippen LogP contribution in [0.3, 0.4) is 0 Å². The monoisotopic (exact) mass is 224 g/mol. The van der Waals surface area contributed by atoms with E-state index in [1.54, 1.807) is 21.1 Å². The van der Waals surface area contributed by atoms with Gasteiger partial charge in [0.05, 0.1) is 19.8 Å². The van der Waals surface area contributed by atoms with Crippen LogP contribution in [0.5, 0.6) is 11.5 Å². The van der Waals surface area contributed by atoms with E-state index in [9.17, 15) is 5.11 Å². The average molecular weight is 224 g/mol. The van der Waals surface area contributed by atoms with Gasteiger partial charge in [0.2, 0.25) is 0 Å². The van der Waals surface area contributed by atoms with Crippen molar-refractivity contribution < 1.29 is 14.6 Å². The predicted octanol–water partition coefficient (Wildman–Crippen LogP) is 2.57. The highest BCUT2D eigenvalue weighted by Crippen LogP contribution is 2.35. The van der Waals surface area contributed by atoms with Gasteiger partial charge in [0.25, 0.3) is 0 Å². The fraction of sp³-hybridized carbons (Fsp3) is 0.538. The molecule has 1 rings (SSSR count). The third kappa shape index (κ3) is 2.30. The van der Waals surface area contributed by atoms with Crippen molar-refractivity contribution in [2.45, 2.75) is 26.4 Å². The highest BCUT2D eigenvalue weighted by Gasteiger charge is 2.28. The molecule has 0 saturated heterocycles. The zero-order chi connectivity index (χ0) is 12.3. The van der Waals surface area contributed by atoms with E-state index in [4.69, 9.17) is 9.47 Å². The molecule has 0 spiro atoms. The lowest BCUT2D eigenvalue weighted by Crippen LogP contribution is -2.27. The Bertz CT molecular complexity index is 356. The van der Waals surface area contributed by atoms with Crippen molar-refractivity contribution >= 4 is 0 Å². The smallest absolute Gasteiger partial charge is 0.161 e. The van der Waals surface area contributed by atoms with Gasteiger partial charge in [-0.15, -0.1) is 0 Å². The van der Waals surface area contributed by atoms with Gasteiger partial charge in [-0.2, -0.15) is 0 Å². The summed E-state index contributed by atoms with van der Waals surface area (Å²) >= 11 is 0. The van der Waals surface area contributed by atoms with Gasteiger partial charge in [0.1, 0.15) is 0 Å². The number of hydrogen-bond donors (Lipinski definition) is 1. The minimum atomic E-state index is -0.862. The number of benzene rings is 1. The van der Waals surface area contributed by atoms with Crippen LogP contribution in [0.4, 0.5) is 0 Å². The van der Waals surface area contributed by atoms with E-state index >= 15 is 0 Å². The van der Waals surface area contributed by atoms with Crippen LogP contribution in [-0.2, 0) is 5.60 Å². The highest BCUT2D eigenvalue weighted by molar-refractivity contribution is 5.44. The molecule has 0 amide bonds. The standard InChI is InChI=1S/C13H20O3/c1-9(2)13(3,14)10-6-7-11(15-4)12(8-10)16-5/h6-9,14H,1-5H3. The molecular weight excluding hydrogens is 204 g/mol. The van der Waals surface area contributed by atoms with Gasteiger partial charge in [-0.3, -0.25) is 0 Å². The maximum Gasteiger partial charge on any atom is 0.161 e. The maximum atomic E-state index is 10.4. The van der Waals surface area contributed by atoms with Gasteiger partial charge in [-0.05, 0) is 30.5 Å². The van der Waals surface area contributed by atoms with Crippen LogP contribution < -0.4 is 9.47 Å². The van der Waals surface area contributed by atoms with Gasteiger partial charge in [0, 0.05) is 0 Å². The second kappa shape index (κ2) is 4.74. The number of rotatable bonds is 4. The van der Waals surface area contributed by atoms with Gasteiger partial charge in [-0.1, -0.05) is 19.9 Å². The fourth-order valence-electron chi connectivity index (χ4n) is 1.48. The zero-order valence-corrected chi connectivity index (χ0v) is 10.6. The largest absolute Gasteiger partial charge is 0.493 e. The topological polar surface area (TPSA) is 38.7 Å². The molecule has 1 unspecified atom stereocenters. The Balaban J connectivity index is 3.17. The molecule has 0 heterocycles. The van der Waals surface area contributed by atoms with E-state index in [2.05, 4.69) is 0 Å². The van der Waals surface area contributed by atoms with Crippen molar-refractivity contribution in [1.82, 2.24) is 0 Å². The molecular formula is C13H20O3. The summed E-state index contributed by atoms with van der Waals surface area (Å²) in [7, 11) is 3.18. The Morgan fingerprint density at radius 3 is 2.12 bits per heavy atom. The van der Waals surface area contributed by atoms with E-state index < -0.39 is 5.60 Å². The lowest BCUT2D eigenvalue weighted by molar-refractivity contribution is 0.00883. The molecule has 0 fully saturated rings. The second-order valence-corrected chi connectivity index (χ2v) is 4.37. The van der Waals surface area contributed by atoms with Crippen molar-refractivity contribution in [3.63, 3.8) is 0 Å². The summed E-state index contributed by atoms with van der Waals surface area (Å²) in [4.78, 5) is 0. The Labute approximate surface area is 97.0 Å². The van der Waals surface area contributed by atoms with Crippen molar-refractivity contribution in [3.05, 3.63) is 23.8 Å². The van der Waals surface area contributed by atoms with E-state index in [1.165, 1.54) is 0 Å². The summed E-state index contributed by atoms with van der Waals surface area (Å²) < 4.78 is 10.4. The van der Waals surface area contributed by atoms with Crippen LogP contribution >= 0.6 is 0 Å². The Hall–Kier alpha value is -1.22. The third-order valence-corrected chi connectivity index (χ3v) is 3.09. The van der Waals surface area contributed by atoms with Crippen molar-refractivity contribution in [2.24, 2.45) is 5.92 Å². The highest BCUT2D eigenvalue weighted by atomic mass is 16.5. The molecule has 0 aliphatic heterocycles. The third-order valence-electron chi connectivity index (χ3n) is 3.09. The van der Waals surface area contributed by atoms with Crippen LogP contribution in [0.25, 0.3) is 0 Å². The lowest BCUT2D eigenvalue weighted by Gasteiger charge is -2.28. The maximum absolute atomic E-state index is 10.4. The summed E-state index contributed by atoms with van der Waals surface area (Å²) in [6, 6.07) is 5.49. The minimum absolute atomic E-state index is 0.130. The summed E-state index contributed by atoms with van der Waals surface area (Å²) in [5.74, 6) is 1.44. The molecule has 0 radical (unpaired) electrons. The van der Waals surface area contributed by atoms with Crippen LogP contribution in [0, 0.1) is 5.92 Å². The predicted molar refractivity (Wildman–Crippen MR) is 64.0 cm³/mol. The molecule has 3 nitrogen and oxygen atoms in total. The first-order valence-corrected chi connectivity index (χ1v) is 5.38. The van der Waals surface area contributed by atoms with E-state index in [0.717, 1.165) is 5.56 Å². The molecule has 3 heteroatoms. The van der Waals surface area contributed by atoms with E-state index in [-0.39, 0.29) is 5.92 Å². The molecule has 0 aromatic heterocycles. The van der Waals surface area contributed by atoms with Crippen molar-refractivity contribution in [3.8, 4) is 11.5 Å². The van der Waals surface area contributed by atoms with Gasteiger partial charge in [0.15, 0.2) is 11.5 Å². The summed E-state index contributed by atoms with van der Waals surface area (Å²) in [5.41, 5.74) is -0.0281. The summed E-state index contributed by atoms with van der Waals surface area (Å²) in [6.45, 7) is 5.77. The van der Waals surface area contributed by atoms with Gasteiger partial charge < -0.3 is 14.6 Å². The van der Waals surface area contributed by atoms with Crippen LogP contribution in [0.1, 0.15) is 26.3 Å². The number of methoxy groups -OCH3 is 2. The first-order valence-electron chi connectivity index (χ1n) is 5.38. The van der Waals surface area contributed by atoms with Crippen molar-refractivity contribution in [2.75, 3.05) is 14.2 Å². The molecule has 1 aromatic rings. The summed E-state index contributed by atoms with van der Waals surface area (Å²) in [6.07, 6.45) is 0. The van der Waals surface area contributed by atoms with E-state index in [1.807, 2.05) is 32.0 Å². The summed E-state index contributed by atoms with van der Waals surface area (Å²) in [5, 5.41) is 10.4. The molecule has 1 aromatic carbocycles. The normalized spacial score (nSPS) is 14.7. The molecule has 0 aliphatic carbocycles. The fourth-order valence-corrected chi connectivity index (χ4v) is 1.48. The van der Waals surface area contributed by atoms with Gasteiger partial charge >= 0.3 is 0 Å². The first-order chi connectivity index (χ1) is 7.43. The van der Waals surface area contributed by atoms with Crippen molar-refractivity contribution in [1.29, 1.82) is 0 Å². The zero-order valence-electron chi connectivity index (χ0n) is 10.6.